The van der Waals surface area contributed by atoms with E-state index in [2.05, 4.69) is 26.8 Å². The lowest BCUT2D eigenvalue weighted by atomic mass is 10.0. The smallest absolute Gasteiger partial charge is 0.254 e. The fourth-order valence-electron chi connectivity index (χ4n) is 4.68. The molecule has 1 fully saturated rings. The number of hydrogen-bond donors (Lipinski definition) is 1. The Bertz CT molecular complexity index is 1230. The lowest BCUT2D eigenvalue weighted by Gasteiger charge is -2.35. The number of aromatic nitrogens is 2. The zero-order valence-corrected chi connectivity index (χ0v) is 21.5. The molecular formula is C29H36N4O3. The third-order valence-corrected chi connectivity index (χ3v) is 6.76. The first kappa shape index (κ1) is 25.6. The van der Waals surface area contributed by atoms with Crippen molar-refractivity contribution in [1.29, 1.82) is 0 Å². The van der Waals surface area contributed by atoms with Crippen LogP contribution in [0.2, 0.25) is 0 Å². The number of piperazine rings is 1. The molecule has 1 saturated heterocycles. The van der Waals surface area contributed by atoms with Crippen LogP contribution in [0, 0.1) is 0 Å². The van der Waals surface area contributed by atoms with Gasteiger partial charge in [0.15, 0.2) is 11.5 Å². The zero-order valence-electron chi connectivity index (χ0n) is 21.5. The molecule has 1 aliphatic heterocycles. The van der Waals surface area contributed by atoms with Gasteiger partial charge in [0.2, 0.25) is 0 Å². The third-order valence-electron chi connectivity index (χ3n) is 6.76. The molecule has 2 heterocycles. The third kappa shape index (κ3) is 5.85. The van der Waals surface area contributed by atoms with Crippen molar-refractivity contribution in [2.45, 2.75) is 39.5 Å². The predicted octanol–water partition coefficient (Wildman–Crippen LogP) is 3.89. The molecule has 0 spiro atoms. The first-order valence-electron chi connectivity index (χ1n) is 12.9. The van der Waals surface area contributed by atoms with E-state index in [0.717, 1.165) is 49.5 Å². The van der Waals surface area contributed by atoms with Crippen LogP contribution in [0.1, 0.15) is 53.3 Å². The molecule has 1 aliphatic rings. The number of nitrogens with one attached hydrogen (secondary N) is 1. The highest BCUT2D eigenvalue weighted by Gasteiger charge is 2.23. The summed E-state index contributed by atoms with van der Waals surface area (Å²) < 4.78 is 6.35. The van der Waals surface area contributed by atoms with Crippen molar-refractivity contribution < 1.29 is 9.53 Å². The van der Waals surface area contributed by atoms with Gasteiger partial charge in [0.1, 0.15) is 5.82 Å². The topological polar surface area (TPSA) is 78.5 Å². The number of rotatable bonds is 10. The van der Waals surface area contributed by atoms with Gasteiger partial charge in [-0.05, 0) is 38.4 Å². The molecule has 0 radical (unpaired) electrons. The molecular weight excluding hydrogens is 452 g/mol. The van der Waals surface area contributed by atoms with Gasteiger partial charge in [0.05, 0.1) is 23.6 Å². The predicted molar refractivity (Wildman–Crippen MR) is 143 cm³/mol. The SMILES string of the molecule is CCc1nc(CCCOc2c(C(=O)c3ccccc3)cccc2N2CCN(C)CC2)[nH]c(=O)c1CC. The molecule has 2 aromatic carbocycles. The maximum absolute atomic E-state index is 13.4. The lowest BCUT2D eigenvalue weighted by Crippen LogP contribution is -2.44. The van der Waals surface area contributed by atoms with Crippen molar-refractivity contribution in [2.75, 3.05) is 44.7 Å². The number of aryl methyl sites for hydroxylation is 2. The summed E-state index contributed by atoms with van der Waals surface area (Å²) >= 11 is 0. The van der Waals surface area contributed by atoms with E-state index in [0.29, 0.717) is 48.6 Å². The number of carbonyl (C=O) groups excluding carboxylic acids is 1. The van der Waals surface area contributed by atoms with E-state index in [1.807, 2.05) is 62.4 Å². The van der Waals surface area contributed by atoms with Crippen LogP contribution in [-0.2, 0) is 19.3 Å². The highest BCUT2D eigenvalue weighted by atomic mass is 16.5. The summed E-state index contributed by atoms with van der Waals surface area (Å²) in [6, 6.07) is 15.2. The summed E-state index contributed by atoms with van der Waals surface area (Å²) in [6.07, 6.45) is 2.69. The number of carbonyl (C=O) groups is 1. The molecule has 190 valence electrons. The van der Waals surface area contributed by atoms with Gasteiger partial charge < -0.3 is 19.5 Å². The van der Waals surface area contributed by atoms with Gasteiger partial charge in [-0.3, -0.25) is 9.59 Å². The van der Waals surface area contributed by atoms with Crippen LogP contribution in [0.15, 0.2) is 53.3 Å². The minimum Gasteiger partial charge on any atom is -0.491 e. The Morgan fingerprint density at radius 2 is 1.75 bits per heavy atom. The molecule has 3 aromatic rings. The average molecular weight is 489 g/mol. The summed E-state index contributed by atoms with van der Waals surface area (Å²) in [5.41, 5.74) is 3.76. The zero-order chi connectivity index (χ0) is 25.5. The normalized spacial score (nSPS) is 14.1. The Morgan fingerprint density at radius 1 is 1.00 bits per heavy atom. The maximum atomic E-state index is 13.4. The fourth-order valence-corrected chi connectivity index (χ4v) is 4.68. The standard InChI is InChI=1S/C29H36N4O3/c1-4-22-24(5-2)30-26(31-29(22)35)15-10-20-36-28-23(27(34)21-11-7-6-8-12-21)13-9-14-25(28)33-18-16-32(3)17-19-33/h6-9,11-14H,4-5,10,15-20H2,1-3H3,(H,30,31,35). The Balaban J connectivity index is 1.54. The van der Waals surface area contributed by atoms with Crippen molar-refractivity contribution in [1.82, 2.24) is 14.9 Å². The Labute approximate surface area is 213 Å². The molecule has 4 rings (SSSR count). The highest BCUT2D eigenvalue weighted by Crippen LogP contribution is 2.34. The number of ketones is 1. The molecule has 1 aromatic heterocycles. The van der Waals surface area contributed by atoms with Crippen molar-refractivity contribution in [2.24, 2.45) is 0 Å². The van der Waals surface area contributed by atoms with Gasteiger partial charge in [-0.1, -0.05) is 50.2 Å². The fraction of sp³-hybridized carbons (Fsp3) is 0.414. The van der Waals surface area contributed by atoms with Gasteiger partial charge in [-0.25, -0.2) is 4.98 Å². The van der Waals surface area contributed by atoms with Gasteiger partial charge >= 0.3 is 0 Å². The van der Waals surface area contributed by atoms with Crippen LogP contribution < -0.4 is 15.2 Å². The number of hydrogen-bond acceptors (Lipinski definition) is 6. The number of para-hydroxylation sites is 1. The second-order valence-corrected chi connectivity index (χ2v) is 9.24. The number of aromatic amines is 1. The number of nitrogens with zero attached hydrogens (tertiary/aromatic N) is 3. The molecule has 0 amide bonds. The van der Waals surface area contributed by atoms with E-state index in [1.54, 1.807) is 0 Å². The van der Waals surface area contributed by atoms with Crippen LogP contribution in [0.25, 0.3) is 0 Å². The molecule has 7 heteroatoms. The number of likely N-dealkylation sites (N-methyl/N-ethyl adjacent to an activating group) is 1. The molecule has 0 aliphatic carbocycles. The number of anilines is 1. The summed E-state index contributed by atoms with van der Waals surface area (Å²) in [4.78, 5) is 38.1. The van der Waals surface area contributed by atoms with Gasteiger partial charge in [-0.2, -0.15) is 0 Å². The molecule has 0 atom stereocenters. The van der Waals surface area contributed by atoms with E-state index >= 15 is 0 Å². The second-order valence-electron chi connectivity index (χ2n) is 9.24. The Kier molecular flexibility index (Phi) is 8.54. The van der Waals surface area contributed by atoms with Crippen molar-refractivity contribution >= 4 is 11.5 Å². The van der Waals surface area contributed by atoms with E-state index < -0.39 is 0 Å². The van der Waals surface area contributed by atoms with Crippen LogP contribution in [0.5, 0.6) is 5.75 Å². The van der Waals surface area contributed by atoms with Gasteiger partial charge in [-0.15, -0.1) is 0 Å². The molecule has 1 N–H and O–H groups in total. The average Bonchev–Trinajstić information content (AvgIpc) is 2.91. The van der Waals surface area contributed by atoms with Crippen molar-refractivity contribution in [3.8, 4) is 5.75 Å². The molecule has 0 bridgehead atoms. The van der Waals surface area contributed by atoms with Crippen LogP contribution >= 0.6 is 0 Å². The molecule has 0 saturated carbocycles. The van der Waals surface area contributed by atoms with E-state index in [9.17, 15) is 9.59 Å². The second kappa shape index (κ2) is 12.0. The lowest BCUT2D eigenvalue weighted by molar-refractivity contribution is 0.103. The first-order chi connectivity index (χ1) is 17.5. The maximum Gasteiger partial charge on any atom is 0.254 e. The van der Waals surface area contributed by atoms with Crippen LogP contribution in [-0.4, -0.2) is 60.5 Å². The van der Waals surface area contributed by atoms with Crippen LogP contribution in [0.4, 0.5) is 5.69 Å². The Morgan fingerprint density at radius 3 is 2.44 bits per heavy atom. The summed E-state index contributed by atoms with van der Waals surface area (Å²) in [5.74, 6) is 1.27. The van der Waals surface area contributed by atoms with Crippen molar-refractivity contribution in [3.63, 3.8) is 0 Å². The molecule has 0 unspecified atom stereocenters. The van der Waals surface area contributed by atoms with E-state index in [1.165, 1.54) is 0 Å². The molecule has 36 heavy (non-hydrogen) atoms. The Hall–Kier alpha value is -3.45. The largest absolute Gasteiger partial charge is 0.491 e. The van der Waals surface area contributed by atoms with E-state index in [-0.39, 0.29) is 11.3 Å². The van der Waals surface area contributed by atoms with Crippen molar-refractivity contribution in [3.05, 3.63) is 87.1 Å². The number of ether oxygens (including phenoxy) is 1. The van der Waals surface area contributed by atoms with Gasteiger partial charge in [0.25, 0.3) is 5.56 Å². The minimum absolute atomic E-state index is 0.0450. The van der Waals surface area contributed by atoms with Crippen LogP contribution in [0.3, 0.4) is 0 Å². The monoisotopic (exact) mass is 488 g/mol. The summed E-state index contributed by atoms with van der Waals surface area (Å²) in [7, 11) is 2.12. The number of H-pyrrole nitrogens is 1. The number of benzene rings is 2. The quantitative estimate of drug-likeness (QED) is 0.345. The first-order valence-corrected chi connectivity index (χ1v) is 12.9. The summed E-state index contributed by atoms with van der Waals surface area (Å²) in [5, 5.41) is 0. The minimum atomic E-state index is -0.0460. The highest BCUT2D eigenvalue weighted by molar-refractivity contribution is 6.11. The summed E-state index contributed by atoms with van der Waals surface area (Å²) in [6.45, 7) is 8.10. The molecule has 7 nitrogen and oxygen atoms in total. The van der Waals surface area contributed by atoms with Gasteiger partial charge in [0, 0.05) is 43.7 Å². The van der Waals surface area contributed by atoms with E-state index in [4.69, 9.17) is 4.74 Å².